The summed E-state index contributed by atoms with van der Waals surface area (Å²) in [6, 6.07) is 0. The second-order valence-electron chi connectivity index (χ2n) is 5.90. The summed E-state index contributed by atoms with van der Waals surface area (Å²) in [5, 5.41) is 3.36. The summed E-state index contributed by atoms with van der Waals surface area (Å²) in [6.07, 6.45) is 4.40. The smallest absolute Gasteiger partial charge is 0.0110 e. The van der Waals surface area contributed by atoms with Gasteiger partial charge in [-0.1, -0.05) is 0 Å². The van der Waals surface area contributed by atoms with Gasteiger partial charge in [0.1, 0.15) is 0 Å². The first-order valence-electron chi connectivity index (χ1n) is 7.05. The van der Waals surface area contributed by atoms with Crippen LogP contribution in [-0.2, 0) is 0 Å². The zero-order valence-corrected chi connectivity index (χ0v) is 10.3. The van der Waals surface area contributed by atoms with Gasteiger partial charge in [-0.15, -0.1) is 0 Å². The van der Waals surface area contributed by atoms with E-state index in [0.29, 0.717) is 0 Å². The molecular weight excluding hydrogens is 198 g/mol. The van der Waals surface area contributed by atoms with Crippen molar-refractivity contribution in [3.63, 3.8) is 0 Å². The standard InChI is InChI=1S/C13H25N3/c1-2-12(1)11-16-7-5-15(6-8-16)4-3-13-9-14-10-13/h12-14H,1-11H2. The fourth-order valence-corrected chi connectivity index (χ4v) is 2.78. The van der Waals surface area contributed by atoms with Crippen LogP contribution in [0.3, 0.4) is 0 Å². The second-order valence-corrected chi connectivity index (χ2v) is 5.90. The van der Waals surface area contributed by atoms with Gasteiger partial charge in [0.15, 0.2) is 0 Å². The van der Waals surface area contributed by atoms with Crippen molar-refractivity contribution in [3.8, 4) is 0 Å². The maximum absolute atomic E-state index is 3.36. The number of piperazine rings is 1. The first-order chi connectivity index (χ1) is 7.90. The van der Waals surface area contributed by atoms with E-state index in [0.717, 1.165) is 11.8 Å². The molecule has 3 heteroatoms. The van der Waals surface area contributed by atoms with Gasteiger partial charge >= 0.3 is 0 Å². The van der Waals surface area contributed by atoms with E-state index in [2.05, 4.69) is 15.1 Å². The first kappa shape index (κ1) is 11.0. The molecule has 1 saturated carbocycles. The lowest BCUT2D eigenvalue weighted by Gasteiger charge is -2.36. The summed E-state index contributed by atoms with van der Waals surface area (Å²) < 4.78 is 0. The van der Waals surface area contributed by atoms with Gasteiger partial charge in [-0.25, -0.2) is 0 Å². The van der Waals surface area contributed by atoms with Crippen LogP contribution >= 0.6 is 0 Å². The van der Waals surface area contributed by atoms with Crippen molar-refractivity contribution in [3.05, 3.63) is 0 Å². The molecule has 3 fully saturated rings. The molecule has 3 aliphatic rings. The number of hydrogen-bond donors (Lipinski definition) is 1. The Kier molecular flexibility index (Phi) is 3.46. The molecule has 2 aliphatic heterocycles. The quantitative estimate of drug-likeness (QED) is 0.737. The van der Waals surface area contributed by atoms with Crippen LogP contribution in [0.4, 0.5) is 0 Å². The molecule has 0 radical (unpaired) electrons. The third-order valence-corrected chi connectivity index (χ3v) is 4.40. The molecule has 0 amide bonds. The number of hydrogen-bond acceptors (Lipinski definition) is 3. The Morgan fingerprint density at radius 2 is 1.56 bits per heavy atom. The van der Waals surface area contributed by atoms with Gasteiger partial charge in [-0.05, 0) is 50.7 Å². The Bertz CT molecular complexity index is 215. The molecule has 0 atom stereocenters. The number of nitrogens with zero attached hydrogens (tertiary/aromatic N) is 2. The molecular formula is C13H25N3. The van der Waals surface area contributed by atoms with Crippen molar-refractivity contribution < 1.29 is 0 Å². The summed E-state index contributed by atoms with van der Waals surface area (Å²) in [6.45, 7) is 10.5. The van der Waals surface area contributed by atoms with E-state index < -0.39 is 0 Å². The van der Waals surface area contributed by atoms with Gasteiger partial charge in [-0.3, -0.25) is 0 Å². The van der Waals surface area contributed by atoms with Gasteiger partial charge in [0.05, 0.1) is 0 Å². The summed E-state index contributed by atoms with van der Waals surface area (Å²) in [7, 11) is 0. The Labute approximate surface area is 99.2 Å². The largest absolute Gasteiger partial charge is 0.316 e. The van der Waals surface area contributed by atoms with Crippen molar-refractivity contribution >= 4 is 0 Å². The normalized spacial score (nSPS) is 29.2. The highest BCUT2D eigenvalue weighted by Crippen LogP contribution is 2.29. The number of nitrogens with one attached hydrogen (secondary N) is 1. The van der Waals surface area contributed by atoms with Gasteiger partial charge < -0.3 is 15.1 Å². The Hall–Kier alpha value is -0.120. The van der Waals surface area contributed by atoms with E-state index in [1.807, 2.05) is 0 Å². The van der Waals surface area contributed by atoms with Crippen LogP contribution in [0.2, 0.25) is 0 Å². The highest BCUT2D eigenvalue weighted by Gasteiger charge is 2.26. The van der Waals surface area contributed by atoms with Crippen LogP contribution in [-0.4, -0.2) is 62.2 Å². The Morgan fingerprint density at radius 1 is 0.875 bits per heavy atom. The average Bonchev–Trinajstić information content (AvgIpc) is 3.02. The van der Waals surface area contributed by atoms with E-state index in [1.54, 1.807) is 0 Å². The molecule has 0 aromatic carbocycles. The van der Waals surface area contributed by atoms with Crippen LogP contribution in [0, 0.1) is 11.8 Å². The van der Waals surface area contributed by atoms with Crippen molar-refractivity contribution in [1.29, 1.82) is 0 Å². The minimum atomic E-state index is 0.976. The Morgan fingerprint density at radius 3 is 2.12 bits per heavy atom. The molecule has 1 aliphatic carbocycles. The molecule has 0 spiro atoms. The fraction of sp³-hybridized carbons (Fsp3) is 1.00. The molecule has 3 rings (SSSR count). The van der Waals surface area contributed by atoms with Crippen LogP contribution in [0.5, 0.6) is 0 Å². The molecule has 2 saturated heterocycles. The Balaban J connectivity index is 1.30. The van der Waals surface area contributed by atoms with E-state index in [9.17, 15) is 0 Å². The molecule has 92 valence electrons. The molecule has 0 aromatic rings. The molecule has 0 unspecified atom stereocenters. The minimum Gasteiger partial charge on any atom is -0.316 e. The molecule has 0 aromatic heterocycles. The van der Waals surface area contributed by atoms with E-state index in [-0.39, 0.29) is 0 Å². The van der Waals surface area contributed by atoms with Crippen molar-refractivity contribution in [2.45, 2.75) is 19.3 Å². The number of rotatable bonds is 5. The zero-order chi connectivity index (χ0) is 10.8. The molecule has 1 N–H and O–H groups in total. The highest BCUT2D eigenvalue weighted by molar-refractivity contribution is 4.81. The predicted octanol–water partition coefficient (Wildman–Crippen LogP) is 0.623. The van der Waals surface area contributed by atoms with Gasteiger partial charge in [0.25, 0.3) is 0 Å². The fourth-order valence-electron chi connectivity index (χ4n) is 2.78. The first-order valence-corrected chi connectivity index (χ1v) is 7.05. The van der Waals surface area contributed by atoms with Gasteiger partial charge in [0, 0.05) is 32.7 Å². The van der Waals surface area contributed by atoms with E-state index in [4.69, 9.17) is 0 Å². The predicted molar refractivity (Wildman–Crippen MR) is 66.6 cm³/mol. The zero-order valence-electron chi connectivity index (χ0n) is 10.3. The maximum atomic E-state index is 3.36. The van der Waals surface area contributed by atoms with Gasteiger partial charge in [0.2, 0.25) is 0 Å². The minimum absolute atomic E-state index is 0.976. The lowest BCUT2D eigenvalue weighted by Crippen LogP contribution is -2.49. The molecule has 0 bridgehead atoms. The highest BCUT2D eigenvalue weighted by atomic mass is 15.3. The summed E-state index contributed by atoms with van der Waals surface area (Å²) in [5.74, 6) is 2.04. The molecule has 16 heavy (non-hydrogen) atoms. The van der Waals surface area contributed by atoms with E-state index in [1.165, 1.54) is 71.6 Å². The maximum Gasteiger partial charge on any atom is 0.0110 e. The second kappa shape index (κ2) is 5.03. The van der Waals surface area contributed by atoms with Gasteiger partial charge in [-0.2, -0.15) is 0 Å². The molecule has 3 nitrogen and oxygen atoms in total. The van der Waals surface area contributed by atoms with E-state index >= 15 is 0 Å². The van der Waals surface area contributed by atoms with Crippen LogP contribution in [0.1, 0.15) is 19.3 Å². The SMILES string of the molecule is C(CN1CCN(CC2CC2)CC1)C1CNC1. The third kappa shape index (κ3) is 2.96. The summed E-state index contributed by atoms with van der Waals surface area (Å²) in [4.78, 5) is 5.35. The summed E-state index contributed by atoms with van der Waals surface area (Å²) >= 11 is 0. The lowest BCUT2D eigenvalue weighted by molar-refractivity contribution is 0.119. The topological polar surface area (TPSA) is 18.5 Å². The van der Waals surface area contributed by atoms with Crippen molar-refractivity contribution in [2.75, 3.05) is 52.4 Å². The molecule has 2 heterocycles. The lowest BCUT2D eigenvalue weighted by atomic mass is 9.99. The van der Waals surface area contributed by atoms with Crippen molar-refractivity contribution in [1.82, 2.24) is 15.1 Å². The average molecular weight is 223 g/mol. The third-order valence-electron chi connectivity index (χ3n) is 4.40. The summed E-state index contributed by atoms with van der Waals surface area (Å²) in [5.41, 5.74) is 0. The monoisotopic (exact) mass is 223 g/mol. The van der Waals surface area contributed by atoms with Crippen LogP contribution < -0.4 is 5.32 Å². The van der Waals surface area contributed by atoms with Crippen LogP contribution in [0.15, 0.2) is 0 Å². The van der Waals surface area contributed by atoms with Crippen LogP contribution in [0.25, 0.3) is 0 Å². The van der Waals surface area contributed by atoms with Crippen molar-refractivity contribution in [2.24, 2.45) is 11.8 Å².